The number of rotatable bonds is 5. The second-order valence-electron chi connectivity index (χ2n) is 7.98. The Hall–Kier alpha value is -2.50. The lowest BCUT2D eigenvalue weighted by atomic mass is 9.81. The summed E-state index contributed by atoms with van der Waals surface area (Å²) in [6.45, 7) is 0.951. The molecule has 2 N–H and O–H groups in total. The zero-order chi connectivity index (χ0) is 18.8. The monoisotopic (exact) mass is 373 g/mol. The Morgan fingerprint density at radius 3 is 2.68 bits per heavy atom. The molecule has 3 atom stereocenters. The van der Waals surface area contributed by atoms with Crippen molar-refractivity contribution in [3.05, 3.63) is 61.2 Å². The molecule has 1 saturated heterocycles. The number of hydrazine groups is 1. The molecule has 2 aromatic heterocycles. The van der Waals surface area contributed by atoms with Crippen molar-refractivity contribution in [2.45, 2.75) is 50.7 Å². The van der Waals surface area contributed by atoms with Gasteiger partial charge in [-0.2, -0.15) is 0 Å². The number of nitrogens with zero attached hydrogens (tertiary/aromatic N) is 3. The van der Waals surface area contributed by atoms with Crippen LogP contribution in [0.4, 0.5) is 0 Å². The van der Waals surface area contributed by atoms with Crippen LogP contribution in [0, 0.1) is 5.92 Å². The molecule has 5 nitrogen and oxygen atoms in total. The first-order chi connectivity index (χ1) is 13.9. The van der Waals surface area contributed by atoms with Gasteiger partial charge in [0.05, 0.1) is 17.7 Å². The van der Waals surface area contributed by atoms with Crippen molar-refractivity contribution >= 4 is 0 Å². The van der Waals surface area contributed by atoms with E-state index in [1.165, 1.54) is 25.7 Å². The van der Waals surface area contributed by atoms with Crippen LogP contribution in [0.5, 0.6) is 0 Å². The van der Waals surface area contributed by atoms with Crippen LogP contribution in [0.15, 0.2) is 61.2 Å². The molecule has 144 valence electrons. The van der Waals surface area contributed by atoms with Crippen LogP contribution in [0.1, 0.15) is 32.1 Å². The van der Waals surface area contributed by atoms with Gasteiger partial charge in [-0.1, -0.05) is 43.2 Å². The Kier molecular flexibility index (Phi) is 4.93. The maximum Gasteiger partial charge on any atom is 0.0963 e. The minimum atomic E-state index is 0.537. The van der Waals surface area contributed by atoms with Gasteiger partial charge < -0.3 is 4.57 Å². The fraction of sp³-hybridized carbons (Fsp3) is 0.391. The molecule has 3 unspecified atom stereocenters. The molecule has 1 aliphatic carbocycles. The molecule has 0 bridgehead atoms. The third-order valence-corrected chi connectivity index (χ3v) is 6.29. The van der Waals surface area contributed by atoms with E-state index < -0.39 is 0 Å². The lowest BCUT2D eigenvalue weighted by Gasteiger charge is -2.27. The van der Waals surface area contributed by atoms with Gasteiger partial charge in [0.15, 0.2) is 0 Å². The number of imidazole rings is 1. The normalized spacial score (nSPS) is 24.2. The Bertz CT molecular complexity index is 905. The maximum absolute atomic E-state index is 4.79. The van der Waals surface area contributed by atoms with Gasteiger partial charge in [0.2, 0.25) is 0 Å². The summed E-state index contributed by atoms with van der Waals surface area (Å²) < 4.78 is 2.30. The van der Waals surface area contributed by atoms with E-state index in [1.54, 1.807) is 0 Å². The van der Waals surface area contributed by atoms with Gasteiger partial charge in [-0.15, -0.1) is 0 Å². The van der Waals surface area contributed by atoms with Crippen molar-refractivity contribution < 1.29 is 0 Å². The van der Waals surface area contributed by atoms with Gasteiger partial charge in [0.1, 0.15) is 0 Å². The third-order valence-electron chi connectivity index (χ3n) is 6.29. The lowest BCUT2D eigenvalue weighted by Crippen LogP contribution is -2.33. The van der Waals surface area contributed by atoms with E-state index in [2.05, 4.69) is 50.7 Å². The van der Waals surface area contributed by atoms with Gasteiger partial charge in [-0.3, -0.25) is 15.8 Å². The highest BCUT2D eigenvalue weighted by molar-refractivity contribution is 5.78. The van der Waals surface area contributed by atoms with E-state index in [0.29, 0.717) is 12.1 Å². The zero-order valence-electron chi connectivity index (χ0n) is 16.1. The molecule has 1 aliphatic heterocycles. The summed E-state index contributed by atoms with van der Waals surface area (Å²) >= 11 is 0. The summed E-state index contributed by atoms with van der Waals surface area (Å²) in [7, 11) is 0. The molecule has 3 aromatic rings. The van der Waals surface area contributed by atoms with E-state index >= 15 is 0 Å². The molecule has 3 heterocycles. The Morgan fingerprint density at radius 2 is 1.82 bits per heavy atom. The highest BCUT2D eigenvalue weighted by Gasteiger charge is 2.36. The number of fused-ring (bicyclic) bond motifs is 1. The molecule has 5 rings (SSSR count). The summed E-state index contributed by atoms with van der Waals surface area (Å²) in [4.78, 5) is 9.13. The summed E-state index contributed by atoms with van der Waals surface area (Å²) in [5.41, 5.74) is 11.6. The molecule has 5 heteroatoms. The first kappa shape index (κ1) is 17.6. The van der Waals surface area contributed by atoms with Gasteiger partial charge in [-0.05, 0) is 37.3 Å². The van der Waals surface area contributed by atoms with Crippen LogP contribution in [0.2, 0.25) is 0 Å². The fourth-order valence-corrected chi connectivity index (χ4v) is 4.87. The highest BCUT2D eigenvalue weighted by Crippen LogP contribution is 2.33. The Morgan fingerprint density at radius 1 is 0.964 bits per heavy atom. The Labute approximate surface area is 166 Å². The summed E-state index contributed by atoms with van der Waals surface area (Å²) in [5.74, 6) is 0.757. The first-order valence-electron chi connectivity index (χ1n) is 10.4. The molecule has 2 aliphatic rings. The van der Waals surface area contributed by atoms with Crippen LogP contribution in [0.25, 0.3) is 22.5 Å². The van der Waals surface area contributed by atoms with Crippen LogP contribution in [-0.4, -0.2) is 26.6 Å². The second-order valence-corrected chi connectivity index (χ2v) is 7.98. The smallest absolute Gasteiger partial charge is 0.0963 e. The zero-order valence-corrected chi connectivity index (χ0v) is 16.1. The van der Waals surface area contributed by atoms with Crippen LogP contribution < -0.4 is 10.9 Å². The summed E-state index contributed by atoms with van der Waals surface area (Å²) in [5, 5.41) is 0. The summed E-state index contributed by atoms with van der Waals surface area (Å²) in [6.07, 6.45) is 12.2. The predicted molar refractivity (Wildman–Crippen MR) is 111 cm³/mol. The van der Waals surface area contributed by atoms with Crippen molar-refractivity contribution in [3.8, 4) is 22.5 Å². The average Bonchev–Trinajstić information content (AvgIpc) is 3.38. The predicted octanol–water partition coefficient (Wildman–Crippen LogP) is 4.04. The maximum atomic E-state index is 4.79. The molecular formula is C23H27N5. The van der Waals surface area contributed by atoms with Crippen molar-refractivity contribution in [1.29, 1.82) is 0 Å². The van der Waals surface area contributed by atoms with E-state index in [4.69, 9.17) is 4.98 Å². The van der Waals surface area contributed by atoms with E-state index in [9.17, 15) is 0 Å². The number of benzene rings is 1. The molecule has 1 saturated carbocycles. The van der Waals surface area contributed by atoms with Gasteiger partial charge in [0.25, 0.3) is 0 Å². The minimum absolute atomic E-state index is 0.537. The van der Waals surface area contributed by atoms with Gasteiger partial charge >= 0.3 is 0 Å². The number of pyridine rings is 1. The Balaban J connectivity index is 1.42. The van der Waals surface area contributed by atoms with Gasteiger partial charge in [-0.25, -0.2) is 4.98 Å². The van der Waals surface area contributed by atoms with Crippen LogP contribution in [-0.2, 0) is 6.54 Å². The van der Waals surface area contributed by atoms with Crippen molar-refractivity contribution in [2.75, 3.05) is 0 Å². The number of aryl methyl sites for hydroxylation is 1. The van der Waals surface area contributed by atoms with Crippen molar-refractivity contribution in [1.82, 2.24) is 25.4 Å². The fourth-order valence-electron chi connectivity index (χ4n) is 4.87. The van der Waals surface area contributed by atoms with Crippen molar-refractivity contribution in [2.24, 2.45) is 5.92 Å². The number of hydrogen-bond donors (Lipinski definition) is 2. The largest absolute Gasteiger partial charge is 0.330 e. The molecule has 0 amide bonds. The molecule has 1 aromatic carbocycles. The van der Waals surface area contributed by atoms with E-state index in [1.807, 2.05) is 30.9 Å². The minimum Gasteiger partial charge on any atom is -0.330 e. The van der Waals surface area contributed by atoms with Crippen molar-refractivity contribution in [3.63, 3.8) is 0 Å². The third kappa shape index (κ3) is 3.36. The van der Waals surface area contributed by atoms with E-state index in [-0.39, 0.29) is 0 Å². The van der Waals surface area contributed by atoms with Crippen LogP contribution in [0.3, 0.4) is 0 Å². The topological polar surface area (TPSA) is 54.8 Å². The molecule has 28 heavy (non-hydrogen) atoms. The molecular weight excluding hydrogens is 346 g/mol. The second kappa shape index (κ2) is 7.86. The van der Waals surface area contributed by atoms with Crippen LogP contribution >= 0.6 is 0 Å². The quantitative estimate of drug-likeness (QED) is 0.709. The number of nitrogens with one attached hydrogen (secondary N) is 2. The number of hydrogen-bond acceptors (Lipinski definition) is 4. The van der Waals surface area contributed by atoms with Gasteiger partial charge in [0, 0.05) is 42.1 Å². The lowest BCUT2D eigenvalue weighted by molar-refractivity contribution is 0.294. The summed E-state index contributed by atoms with van der Waals surface area (Å²) in [6, 6.07) is 15.7. The average molecular weight is 374 g/mol. The highest BCUT2D eigenvalue weighted by atomic mass is 15.4. The molecule has 0 radical (unpaired) electrons. The molecule has 2 fully saturated rings. The van der Waals surface area contributed by atoms with E-state index in [0.717, 1.165) is 41.4 Å². The standard InChI is InChI=1S/C23H27N5/c1-2-7-17(8-3-1)22-23(18-9-6-13-24-15-18)28(16-25-22)14-12-21-19-10-4-5-11-20(19)26-27-21/h1-3,6-9,13,15-16,19-21,26-27H,4-5,10-12,14H2. The molecule has 0 spiro atoms. The first-order valence-corrected chi connectivity index (χ1v) is 10.4. The SMILES string of the molecule is c1ccc(-c2ncn(CCC3NNC4CCCCC43)c2-c2cccnc2)cc1. The number of aromatic nitrogens is 3.